The predicted octanol–water partition coefficient (Wildman–Crippen LogP) is 2.51. The molecule has 1 atom stereocenters. The molecule has 0 bridgehead atoms. The Morgan fingerprint density at radius 2 is 2.00 bits per heavy atom. The summed E-state index contributed by atoms with van der Waals surface area (Å²) in [7, 11) is 0. The van der Waals surface area contributed by atoms with Gasteiger partial charge >= 0.3 is 5.97 Å². The molecule has 0 aliphatic carbocycles. The molecule has 1 rings (SSSR count). The number of carbonyl (C=O) groups is 2. The van der Waals surface area contributed by atoms with E-state index < -0.39 is 12.0 Å². The molecule has 2 N–H and O–H groups in total. The number of carbonyl (C=O) groups excluding carboxylic acids is 1. The van der Waals surface area contributed by atoms with Crippen molar-refractivity contribution in [3.8, 4) is 0 Å². The average molecular weight is 344 g/mol. The molecule has 0 aliphatic heterocycles. The van der Waals surface area contributed by atoms with E-state index in [9.17, 15) is 9.59 Å². The second-order valence-electron chi connectivity index (χ2n) is 4.32. The fourth-order valence-corrected chi connectivity index (χ4v) is 1.93. The molecular formula is C14H18BrNO4. The Bertz CT molecular complexity index is 447. The molecular weight excluding hydrogens is 326 g/mol. The van der Waals surface area contributed by atoms with Crippen LogP contribution < -0.4 is 5.32 Å². The smallest absolute Gasteiger partial charge is 0.305 e. The van der Waals surface area contributed by atoms with E-state index in [4.69, 9.17) is 9.84 Å². The Balaban J connectivity index is 2.67. The first-order valence-corrected chi connectivity index (χ1v) is 7.16. The van der Waals surface area contributed by atoms with Gasteiger partial charge in [-0.15, -0.1) is 0 Å². The van der Waals surface area contributed by atoms with Gasteiger partial charge in [0.2, 0.25) is 5.91 Å². The summed E-state index contributed by atoms with van der Waals surface area (Å²) in [5, 5.41) is 11.6. The van der Waals surface area contributed by atoms with Gasteiger partial charge in [-0.05, 0) is 24.1 Å². The van der Waals surface area contributed by atoms with Crippen LogP contribution in [0.25, 0.3) is 0 Å². The van der Waals surface area contributed by atoms with Crippen LogP contribution in [0.5, 0.6) is 0 Å². The lowest BCUT2D eigenvalue weighted by Crippen LogP contribution is -2.33. The maximum Gasteiger partial charge on any atom is 0.305 e. The molecule has 0 fully saturated rings. The third-order valence-corrected chi connectivity index (χ3v) is 3.10. The van der Waals surface area contributed by atoms with Gasteiger partial charge in [0, 0.05) is 11.1 Å². The number of hydrogen-bond acceptors (Lipinski definition) is 3. The molecule has 5 nitrogen and oxygen atoms in total. The minimum atomic E-state index is -0.965. The Kier molecular flexibility index (Phi) is 7.25. The van der Waals surface area contributed by atoms with Crippen molar-refractivity contribution in [3.63, 3.8) is 0 Å². The van der Waals surface area contributed by atoms with Crippen molar-refractivity contribution < 1.29 is 19.4 Å². The van der Waals surface area contributed by atoms with Gasteiger partial charge in [-0.2, -0.15) is 0 Å². The monoisotopic (exact) mass is 343 g/mol. The molecule has 0 saturated heterocycles. The van der Waals surface area contributed by atoms with Crippen molar-refractivity contribution in [2.75, 3.05) is 13.2 Å². The number of hydrogen-bond donors (Lipinski definition) is 2. The lowest BCUT2D eigenvalue weighted by atomic mass is 10.0. The number of amides is 1. The first kappa shape index (κ1) is 16.7. The third-order valence-electron chi connectivity index (χ3n) is 2.57. The fraction of sp³-hybridized carbons (Fsp3) is 0.429. The Hall–Kier alpha value is -1.40. The van der Waals surface area contributed by atoms with Crippen molar-refractivity contribution in [3.05, 3.63) is 34.3 Å². The summed E-state index contributed by atoms with van der Waals surface area (Å²) in [4.78, 5) is 22.6. The van der Waals surface area contributed by atoms with Crippen LogP contribution in [-0.4, -0.2) is 30.2 Å². The van der Waals surface area contributed by atoms with Gasteiger partial charge in [-0.1, -0.05) is 35.0 Å². The van der Waals surface area contributed by atoms with Crippen molar-refractivity contribution in [1.29, 1.82) is 0 Å². The predicted molar refractivity (Wildman–Crippen MR) is 78.4 cm³/mol. The highest BCUT2D eigenvalue weighted by molar-refractivity contribution is 9.10. The summed E-state index contributed by atoms with van der Waals surface area (Å²) >= 11 is 3.31. The van der Waals surface area contributed by atoms with Crippen LogP contribution in [0, 0.1) is 0 Å². The highest BCUT2D eigenvalue weighted by Crippen LogP contribution is 2.19. The molecule has 0 heterocycles. The first-order chi connectivity index (χ1) is 9.52. The normalized spacial score (nSPS) is 11.9. The highest BCUT2D eigenvalue weighted by atomic mass is 79.9. The standard InChI is InChI=1S/C14H18BrNO4/c1-2-7-20-9-13(17)16-12(8-14(18)19)10-3-5-11(15)6-4-10/h3-6,12H,2,7-9H2,1H3,(H,16,17)(H,18,19). The van der Waals surface area contributed by atoms with Crippen LogP contribution in [0.3, 0.4) is 0 Å². The van der Waals surface area contributed by atoms with Gasteiger partial charge in [0.15, 0.2) is 0 Å². The van der Waals surface area contributed by atoms with E-state index in [0.717, 1.165) is 16.5 Å². The van der Waals surface area contributed by atoms with Crippen LogP contribution in [-0.2, 0) is 14.3 Å². The molecule has 0 spiro atoms. The Morgan fingerprint density at radius 1 is 1.35 bits per heavy atom. The van der Waals surface area contributed by atoms with E-state index in [0.29, 0.717) is 6.61 Å². The molecule has 6 heteroatoms. The number of carboxylic acid groups (broad SMARTS) is 1. The molecule has 1 unspecified atom stereocenters. The maximum absolute atomic E-state index is 11.7. The SMILES string of the molecule is CCCOCC(=O)NC(CC(=O)O)c1ccc(Br)cc1. The highest BCUT2D eigenvalue weighted by Gasteiger charge is 2.18. The number of carboxylic acids is 1. The Morgan fingerprint density at radius 3 is 2.55 bits per heavy atom. The van der Waals surface area contributed by atoms with Crippen LogP contribution in [0.2, 0.25) is 0 Å². The molecule has 1 aromatic carbocycles. The van der Waals surface area contributed by atoms with Gasteiger partial charge in [0.05, 0.1) is 12.5 Å². The zero-order valence-electron chi connectivity index (χ0n) is 11.3. The molecule has 0 aliphatic rings. The van der Waals surface area contributed by atoms with Crippen LogP contribution in [0.4, 0.5) is 0 Å². The van der Waals surface area contributed by atoms with E-state index >= 15 is 0 Å². The van der Waals surface area contributed by atoms with Gasteiger partial charge in [0.1, 0.15) is 6.61 Å². The third kappa shape index (κ3) is 6.16. The summed E-state index contributed by atoms with van der Waals surface area (Å²) in [5.41, 5.74) is 0.749. The molecule has 0 radical (unpaired) electrons. The van der Waals surface area contributed by atoms with E-state index in [1.165, 1.54) is 0 Å². The molecule has 1 amide bonds. The van der Waals surface area contributed by atoms with Gasteiger partial charge in [-0.3, -0.25) is 9.59 Å². The van der Waals surface area contributed by atoms with E-state index in [-0.39, 0.29) is 18.9 Å². The van der Waals surface area contributed by atoms with Gasteiger partial charge in [0.25, 0.3) is 0 Å². The fourth-order valence-electron chi connectivity index (χ4n) is 1.67. The van der Waals surface area contributed by atoms with Gasteiger partial charge in [-0.25, -0.2) is 0 Å². The lowest BCUT2D eigenvalue weighted by Gasteiger charge is -2.17. The molecule has 1 aromatic rings. The van der Waals surface area contributed by atoms with E-state index in [2.05, 4.69) is 21.2 Å². The van der Waals surface area contributed by atoms with E-state index in [1.54, 1.807) is 12.1 Å². The van der Waals surface area contributed by atoms with Crippen molar-refractivity contribution in [1.82, 2.24) is 5.32 Å². The zero-order chi connectivity index (χ0) is 15.0. The summed E-state index contributed by atoms with van der Waals surface area (Å²) < 4.78 is 6.03. The zero-order valence-corrected chi connectivity index (χ0v) is 12.9. The lowest BCUT2D eigenvalue weighted by molar-refractivity contribution is -0.138. The Labute approximate surface area is 126 Å². The second-order valence-corrected chi connectivity index (χ2v) is 5.24. The summed E-state index contributed by atoms with van der Waals surface area (Å²) in [6.07, 6.45) is 0.666. The summed E-state index contributed by atoms with van der Waals surface area (Å²) in [6.45, 7) is 2.41. The van der Waals surface area contributed by atoms with Crippen molar-refractivity contribution in [2.45, 2.75) is 25.8 Å². The van der Waals surface area contributed by atoms with Crippen LogP contribution in [0.15, 0.2) is 28.7 Å². The molecule has 0 aromatic heterocycles. The number of aliphatic carboxylic acids is 1. The first-order valence-electron chi connectivity index (χ1n) is 6.37. The van der Waals surface area contributed by atoms with E-state index in [1.807, 2.05) is 19.1 Å². The molecule has 0 saturated carbocycles. The van der Waals surface area contributed by atoms with Crippen molar-refractivity contribution in [2.24, 2.45) is 0 Å². The van der Waals surface area contributed by atoms with Gasteiger partial charge < -0.3 is 15.2 Å². The average Bonchev–Trinajstić information content (AvgIpc) is 2.38. The summed E-state index contributed by atoms with van der Waals surface area (Å²) in [6, 6.07) is 6.63. The number of benzene rings is 1. The van der Waals surface area contributed by atoms with Crippen LogP contribution in [0.1, 0.15) is 31.4 Å². The molecule has 20 heavy (non-hydrogen) atoms. The minimum absolute atomic E-state index is 0.0551. The number of ether oxygens (including phenoxy) is 1. The summed E-state index contributed by atoms with van der Waals surface area (Å²) in [5.74, 6) is -1.28. The quantitative estimate of drug-likeness (QED) is 0.711. The number of nitrogens with one attached hydrogen (secondary N) is 1. The maximum atomic E-state index is 11.7. The largest absolute Gasteiger partial charge is 0.481 e. The topological polar surface area (TPSA) is 75.6 Å². The van der Waals surface area contributed by atoms with Crippen molar-refractivity contribution >= 4 is 27.8 Å². The minimum Gasteiger partial charge on any atom is -0.481 e. The second kappa shape index (κ2) is 8.71. The number of halogens is 1. The number of rotatable bonds is 8. The molecule has 110 valence electrons. The van der Waals surface area contributed by atoms with Crippen LogP contribution >= 0.6 is 15.9 Å².